The van der Waals surface area contributed by atoms with Gasteiger partial charge in [0.05, 0.1) is 17.7 Å². The maximum absolute atomic E-state index is 11.6. The second kappa shape index (κ2) is 5.34. The number of ketones is 1. The van der Waals surface area contributed by atoms with Gasteiger partial charge in [0.2, 0.25) is 0 Å². The van der Waals surface area contributed by atoms with Gasteiger partial charge >= 0.3 is 5.97 Å². The lowest BCUT2D eigenvalue weighted by Crippen LogP contribution is -2.11. The van der Waals surface area contributed by atoms with E-state index in [2.05, 4.69) is 0 Å². The first-order valence-corrected chi connectivity index (χ1v) is 5.27. The Hall–Kier alpha value is -2.04. The monoisotopic (exact) mass is 238 g/mol. The molecule has 17 heavy (non-hydrogen) atoms. The van der Waals surface area contributed by atoms with E-state index >= 15 is 0 Å². The van der Waals surface area contributed by atoms with E-state index in [1.807, 2.05) is 0 Å². The minimum Gasteiger partial charge on any atom is -0.508 e. The molecule has 0 fully saturated rings. The Morgan fingerprint density at radius 1 is 1.24 bits per heavy atom. The van der Waals surface area contributed by atoms with Gasteiger partial charge in [0.1, 0.15) is 11.5 Å². The number of phenolic OH excluding ortho intramolecular Hbond substituents is 2. The first-order valence-electron chi connectivity index (χ1n) is 5.27. The second-order valence-electron chi connectivity index (χ2n) is 3.38. The number of phenols is 2. The highest BCUT2D eigenvalue weighted by Gasteiger charge is 2.22. The topological polar surface area (TPSA) is 83.8 Å². The summed E-state index contributed by atoms with van der Waals surface area (Å²) in [6.45, 7) is 3.39. The lowest BCUT2D eigenvalue weighted by atomic mass is 10.0. The van der Waals surface area contributed by atoms with Crippen LogP contribution in [0.4, 0.5) is 0 Å². The van der Waals surface area contributed by atoms with Crippen molar-refractivity contribution in [1.29, 1.82) is 0 Å². The number of aromatic hydroxyl groups is 2. The first-order chi connectivity index (χ1) is 8.01. The van der Waals surface area contributed by atoms with E-state index in [-0.39, 0.29) is 35.7 Å². The molecule has 1 aromatic carbocycles. The van der Waals surface area contributed by atoms with Crippen molar-refractivity contribution >= 4 is 11.8 Å². The molecule has 1 aromatic rings. The Kier molecular flexibility index (Phi) is 4.09. The molecule has 0 aromatic heterocycles. The zero-order valence-corrected chi connectivity index (χ0v) is 9.69. The summed E-state index contributed by atoms with van der Waals surface area (Å²) >= 11 is 0. The molecule has 0 heterocycles. The number of rotatable bonds is 4. The molecule has 0 aliphatic carbocycles. The molecule has 2 N–H and O–H groups in total. The summed E-state index contributed by atoms with van der Waals surface area (Å²) in [5.41, 5.74) is -0.222. The van der Waals surface area contributed by atoms with Crippen LogP contribution >= 0.6 is 0 Å². The Bertz CT molecular complexity index is 450. The molecule has 0 atom stereocenters. The summed E-state index contributed by atoms with van der Waals surface area (Å²) in [6.07, 6.45) is 0.144. The third-order valence-electron chi connectivity index (χ3n) is 2.20. The number of ether oxygens (including phenoxy) is 1. The van der Waals surface area contributed by atoms with Crippen molar-refractivity contribution in [1.82, 2.24) is 0 Å². The van der Waals surface area contributed by atoms with Crippen LogP contribution < -0.4 is 0 Å². The number of esters is 1. The lowest BCUT2D eigenvalue weighted by Gasteiger charge is -2.09. The minimum absolute atomic E-state index is 0.108. The maximum Gasteiger partial charge on any atom is 0.339 e. The van der Waals surface area contributed by atoms with Crippen LogP contribution in [-0.2, 0) is 4.74 Å². The van der Waals surface area contributed by atoms with E-state index < -0.39 is 11.7 Å². The van der Waals surface area contributed by atoms with Crippen LogP contribution in [-0.4, -0.2) is 28.6 Å². The average Bonchev–Trinajstić information content (AvgIpc) is 2.27. The van der Waals surface area contributed by atoms with Crippen molar-refractivity contribution in [3.8, 4) is 11.5 Å². The van der Waals surface area contributed by atoms with E-state index in [1.54, 1.807) is 13.8 Å². The smallest absolute Gasteiger partial charge is 0.339 e. The van der Waals surface area contributed by atoms with Gasteiger partial charge in [-0.05, 0) is 13.0 Å². The van der Waals surface area contributed by atoms with Crippen LogP contribution in [0.1, 0.15) is 41.0 Å². The SMILES string of the molecule is CCOC(=O)c1cc(O)cc(O)c1C(=O)CC. The summed E-state index contributed by atoms with van der Waals surface area (Å²) in [6, 6.07) is 2.13. The molecule has 1 rings (SSSR count). The van der Waals surface area contributed by atoms with Crippen LogP contribution in [0, 0.1) is 0 Å². The summed E-state index contributed by atoms with van der Waals surface area (Å²) in [4.78, 5) is 23.2. The third kappa shape index (κ3) is 2.75. The first kappa shape index (κ1) is 13.0. The molecule has 0 saturated heterocycles. The van der Waals surface area contributed by atoms with Crippen molar-refractivity contribution < 1.29 is 24.5 Å². The standard InChI is InChI=1S/C12H14O5/c1-3-9(14)11-8(12(16)17-4-2)5-7(13)6-10(11)15/h5-6,13,15H,3-4H2,1-2H3. The van der Waals surface area contributed by atoms with E-state index in [0.717, 1.165) is 12.1 Å². The number of carbonyl (C=O) groups excluding carboxylic acids is 2. The van der Waals surface area contributed by atoms with Crippen LogP contribution in [0.2, 0.25) is 0 Å². The lowest BCUT2D eigenvalue weighted by molar-refractivity contribution is 0.0522. The van der Waals surface area contributed by atoms with Gasteiger partial charge in [-0.15, -0.1) is 0 Å². The summed E-state index contributed by atoms with van der Waals surface area (Å²) in [5, 5.41) is 18.9. The molecule has 5 nitrogen and oxygen atoms in total. The molecule has 92 valence electrons. The Balaban J connectivity index is 3.35. The second-order valence-corrected chi connectivity index (χ2v) is 3.38. The molecule has 0 aliphatic rings. The van der Waals surface area contributed by atoms with Crippen LogP contribution in [0.25, 0.3) is 0 Å². The average molecular weight is 238 g/mol. The van der Waals surface area contributed by atoms with Crippen LogP contribution in [0.15, 0.2) is 12.1 Å². The highest BCUT2D eigenvalue weighted by molar-refractivity contribution is 6.08. The van der Waals surface area contributed by atoms with Gasteiger partial charge in [0.25, 0.3) is 0 Å². The van der Waals surface area contributed by atoms with Gasteiger partial charge in [-0.1, -0.05) is 6.92 Å². The van der Waals surface area contributed by atoms with Crippen LogP contribution in [0.5, 0.6) is 11.5 Å². The summed E-state index contributed by atoms with van der Waals surface area (Å²) in [7, 11) is 0. The third-order valence-corrected chi connectivity index (χ3v) is 2.20. The maximum atomic E-state index is 11.6. The van der Waals surface area contributed by atoms with Gasteiger partial charge in [-0.2, -0.15) is 0 Å². The largest absolute Gasteiger partial charge is 0.508 e. The van der Waals surface area contributed by atoms with Gasteiger partial charge < -0.3 is 14.9 Å². The van der Waals surface area contributed by atoms with Gasteiger partial charge in [-0.3, -0.25) is 4.79 Å². The fourth-order valence-corrected chi connectivity index (χ4v) is 1.45. The van der Waals surface area contributed by atoms with E-state index in [4.69, 9.17) is 4.74 Å². The highest BCUT2D eigenvalue weighted by atomic mass is 16.5. The van der Waals surface area contributed by atoms with E-state index in [0.29, 0.717) is 0 Å². The van der Waals surface area contributed by atoms with Crippen molar-refractivity contribution in [2.24, 2.45) is 0 Å². The molecule has 0 amide bonds. The van der Waals surface area contributed by atoms with Crippen molar-refractivity contribution in [3.63, 3.8) is 0 Å². The molecule has 0 bridgehead atoms. The molecule has 0 saturated carbocycles. The number of carbonyl (C=O) groups is 2. The molecule has 5 heteroatoms. The quantitative estimate of drug-likeness (QED) is 0.618. The zero-order valence-electron chi connectivity index (χ0n) is 9.69. The van der Waals surface area contributed by atoms with E-state index in [9.17, 15) is 19.8 Å². The van der Waals surface area contributed by atoms with Gasteiger partial charge in [0.15, 0.2) is 5.78 Å². The number of hydrogen-bond acceptors (Lipinski definition) is 5. The number of hydrogen-bond donors (Lipinski definition) is 2. The highest BCUT2D eigenvalue weighted by Crippen LogP contribution is 2.28. The predicted molar refractivity (Wildman–Crippen MR) is 60.3 cm³/mol. The normalized spacial score (nSPS) is 10.0. The Labute approximate surface area is 98.6 Å². The Morgan fingerprint density at radius 3 is 2.41 bits per heavy atom. The summed E-state index contributed by atoms with van der Waals surface area (Å²) < 4.78 is 4.76. The fraction of sp³-hybridized carbons (Fsp3) is 0.333. The van der Waals surface area contributed by atoms with E-state index in [1.165, 1.54) is 0 Å². The molecular weight excluding hydrogens is 224 g/mol. The number of Topliss-reactive ketones (excluding diaryl/α,β-unsaturated/α-hetero) is 1. The molecule has 0 unspecified atom stereocenters. The molecule has 0 aliphatic heterocycles. The number of benzene rings is 1. The van der Waals surface area contributed by atoms with Crippen molar-refractivity contribution in [2.75, 3.05) is 6.61 Å². The van der Waals surface area contributed by atoms with Crippen LogP contribution in [0.3, 0.4) is 0 Å². The van der Waals surface area contributed by atoms with Gasteiger partial charge in [0, 0.05) is 12.5 Å². The van der Waals surface area contributed by atoms with Crippen molar-refractivity contribution in [3.05, 3.63) is 23.3 Å². The molecule has 0 radical (unpaired) electrons. The zero-order chi connectivity index (χ0) is 13.0. The van der Waals surface area contributed by atoms with Crippen molar-refractivity contribution in [2.45, 2.75) is 20.3 Å². The molecule has 0 spiro atoms. The summed E-state index contributed by atoms with van der Waals surface area (Å²) in [5.74, 6) is -1.83. The van der Waals surface area contributed by atoms with Gasteiger partial charge in [-0.25, -0.2) is 4.79 Å². The molecular formula is C12H14O5. The minimum atomic E-state index is -0.740. The fourth-order valence-electron chi connectivity index (χ4n) is 1.45. The Morgan fingerprint density at radius 2 is 1.88 bits per heavy atom. The predicted octanol–water partition coefficient (Wildman–Crippen LogP) is 1.87.